The van der Waals surface area contributed by atoms with E-state index in [1.165, 1.54) is 7.11 Å². The molecular weight excluding hydrogens is 515 g/mol. The predicted octanol–water partition coefficient (Wildman–Crippen LogP) is 5.20. The van der Waals surface area contributed by atoms with Gasteiger partial charge in [0.25, 0.3) is 0 Å². The second kappa shape index (κ2) is 10.7. The average molecular weight is 545 g/mol. The number of methoxy groups -OCH3 is 1. The van der Waals surface area contributed by atoms with Crippen molar-refractivity contribution in [3.8, 4) is 0 Å². The van der Waals surface area contributed by atoms with Crippen LogP contribution in [0.4, 0.5) is 21.6 Å². The maximum Gasteiger partial charge on any atom is 0.341 e. The Morgan fingerprint density at radius 2 is 1.90 bits per heavy atom. The van der Waals surface area contributed by atoms with Gasteiger partial charge in [-0.25, -0.2) is 14.2 Å². The van der Waals surface area contributed by atoms with E-state index >= 15 is 0 Å². The quantitative estimate of drug-likeness (QED) is 0.311. The number of halogens is 1. The molecule has 0 spiro atoms. The first-order valence-electron chi connectivity index (χ1n) is 13.1. The molecule has 200 valence electrons. The zero-order chi connectivity index (χ0) is 26.9. The number of carbonyl (C=O) groups excluding carboxylic acids is 2. The van der Waals surface area contributed by atoms with E-state index in [9.17, 15) is 14.0 Å². The number of hydrogen-bond donors (Lipinski definition) is 0. The first kappa shape index (κ1) is 25.5. The minimum absolute atomic E-state index is 0.0864. The third-order valence-electron chi connectivity index (χ3n) is 7.60. The molecule has 9 heteroatoms. The molecule has 39 heavy (non-hydrogen) atoms. The van der Waals surface area contributed by atoms with E-state index in [1.54, 1.807) is 46.7 Å². The monoisotopic (exact) mass is 544 g/mol. The fraction of sp³-hybridized carbons (Fsp3) is 0.300. The second-order valence-corrected chi connectivity index (χ2v) is 10.8. The van der Waals surface area contributed by atoms with E-state index in [0.29, 0.717) is 18.7 Å². The number of hydrogen-bond acceptors (Lipinski definition) is 7. The molecule has 0 unspecified atom stereocenters. The fourth-order valence-corrected chi connectivity index (χ4v) is 6.36. The molecule has 4 aromatic rings. The van der Waals surface area contributed by atoms with Crippen LogP contribution in [0.15, 0.2) is 60.1 Å². The number of carbonyl (C=O) groups is 2. The van der Waals surface area contributed by atoms with E-state index in [0.717, 1.165) is 71.7 Å². The number of nitrogens with zero attached hydrogens (tertiary/aromatic N) is 4. The van der Waals surface area contributed by atoms with Crippen LogP contribution in [-0.4, -0.2) is 61.6 Å². The Morgan fingerprint density at radius 1 is 1.05 bits per heavy atom. The van der Waals surface area contributed by atoms with Crippen LogP contribution < -0.4 is 9.80 Å². The number of benzene rings is 2. The van der Waals surface area contributed by atoms with Gasteiger partial charge < -0.3 is 9.64 Å². The zero-order valence-corrected chi connectivity index (χ0v) is 22.5. The lowest BCUT2D eigenvalue weighted by molar-refractivity contribution is -0.118. The molecule has 0 N–H and O–H groups in total. The molecule has 0 radical (unpaired) electrons. The molecule has 7 nitrogen and oxygen atoms in total. The van der Waals surface area contributed by atoms with Crippen molar-refractivity contribution in [1.29, 1.82) is 0 Å². The van der Waals surface area contributed by atoms with Gasteiger partial charge in [-0.3, -0.25) is 14.6 Å². The van der Waals surface area contributed by atoms with Crippen LogP contribution in [0.25, 0.3) is 10.1 Å². The van der Waals surface area contributed by atoms with Crippen LogP contribution >= 0.6 is 11.3 Å². The molecule has 1 amide bonds. The zero-order valence-electron chi connectivity index (χ0n) is 21.7. The molecular formula is C30H29FN4O3S. The Morgan fingerprint density at radius 3 is 2.72 bits per heavy atom. The lowest BCUT2D eigenvalue weighted by Gasteiger charge is -2.36. The van der Waals surface area contributed by atoms with Gasteiger partial charge >= 0.3 is 5.97 Å². The number of fused-ring (bicyclic) bond motifs is 2. The number of rotatable bonds is 6. The highest BCUT2D eigenvalue weighted by Crippen LogP contribution is 2.36. The van der Waals surface area contributed by atoms with Gasteiger partial charge in [0.15, 0.2) is 5.82 Å². The van der Waals surface area contributed by atoms with Crippen LogP contribution in [0.3, 0.4) is 0 Å². The summed E-state index contributed by atoms with van der Waals surface area (Å²) in [6.07, 6.45) is 3.43. The maximum atomic E-state index is 14.2. The van der Waals surface area contributed by atoms with Gasteiger partial charge in [-0.1, -0.05) is 12.1 Å². The summed E-state index contributed by atoms with van der Waals surface area (Å²) < 4.78 is 20.1. The predicted molar refractivity (Wildman–Crippen MR) is 152 cm³/mol. The maximum absolute atomic E-state index is 14.2. The second-order valence-electron chi connectivity index (χ2n) is 9.89. The first-order valence-corrected chi connectivity index (χ1v) is 14.0. The number of anilines is 3. The molecule has 6 rings (SSSR count). The molecule has 1 fully saturated rings. The van der Waals surface area contributed by atoms with E-state index in [4.69, 9.17) is 4.74 Å². The van der Waals surface area contributed by atoms with Crippen molar-refractivity contribution >= 4 is 50.5 Å². The molecule has 2 aromatic carbocycles. The van der Waals surface area contributed by atoms with Crippen molar-refractivity contribution in [3.63, 3.8) is 0 Å². The smallest absolute Gasteiger partial charge is 0.341 e. The van der Waals surface area contributed by atoms with Gasteiger partial charge in [0.2, 0.25) is 5.91 Å². The standard InChI is InChI=1S/C30H29FN4O3S/c1-38-30(37)24-3-2-10-32-29(24)35-25-17-20(4-5-21(25)6-7-28(35)36)8-11-33-12-14-34(15-13-33)26-18-22(31)19-27-23(26)9-16-39-27/h2-5,9-10,16-19H,6-8,11-15H2,1H3. The SMILES string of the molecule is COC(=O)c1cccnc1N1C(=O)CCc2ccc(CCN3CCN(c4cc(F)cc5sccc45)CC3)cc21. The Hall–Kier alpha value is -3.82. The van der Waals surface area contributed by atoms with Crippen molar-refractivity contribution in [2.24, 2.45) is 0 Å². The van der Waals surface area contributed by atoms with Crippen LogP contribution in [0, 0.1) is 5.82 Å². The van der Waals surface area contributed by atoms with Crippen LogP contribution in [0.2, 0.25) is 0 Å². The lowest BCUT2D eigenvalue weighted by Crippen LogP contribution is -2.47. The number of aromatic nitrogens is 1. The summed E-state index contributed by atoms with van der Waals surface area (Å²) in [6.45, 7) is 4.37. The first-order chi connectivity index (χ1) is 19.0. The van der Waals surface area contributed by atoms with Gasteiger partial charge in [0, 0.05) is 61.1 Å². The summed E-state index contributed by atoms with van der Waals surface area (Å²) in [4.78, 5) is 36.1. The number of pyridine rings is 1. The summed E-state index contributed by atoms with van der Waals surface area (Å²) >= 11 is 1.57. The third-order valence-corrected chi connectivity index (χ3v) is 8.46. The largest absolute Gasteiger partial charge is 0.465 e. The molecule has 2 aliphatic rings. The summed E-state index contributed by atoms with van der Waals surface area (Å²) in [5.74, 6) is -0.490. The molecule has 4 heterocycles. The van der Waals surface area contributed by atoms with E-state index < -0.39 is 5.97 Å². The molecule has 2 aliphatic heterocycles. The number of ether oxygens (including phenoxy) is 1. The van der Waals surface area contributed by atoms with Crippen molar-refractivity contribution < 1.29 is 18.7 Å². The Bertz CT molecular complexity index is 1550. The normalized spacial score (nSPS) is 16.0. The molecule has 0 atom stereocenters. The summed E-state index contributed by atoms with van der Waals surface area (Å²) in [6, 6.07) is 14.9. The highest BCUT2D eigenvalue weighted by atomic mass is 32.1. The molecule has 0 aliphatic carbocycles. The van der Waals surface area contributed by atoms with Gasteiger partial charge in [-0.05, 0) is 65.7 Å². The van der Waals surface area contributed by atoms with Crippen molar-refractivity contribution in [1.82, 2.24) is 9.88 Å². The van der Waals surface area contributed by atoms with Gasteiger partial charge in [0.05, 0.1) is 12.8 Å². The van der Waals surface area contributed by atoms with Crippen LogP contribution in [0.5, 0.6) is 0 Å². The highest BCUT2D eigenvalue weighted by molar-refractivity contribution is 7.17. The topological polar surface area (TPSA) is 66.0 Å². The lowest BCUT2D eigenvalue weighted by atomic mass is 9.97. The summed E-state index contributed by atoms with van der Waals surface area (Å²) in [5, 5.41) is 3.13. The minimum Gasteiger partial charge on any atom is -0.465 e. The molecule has 0 saturated carbocycles. The minimum atomic E-state index is -0.522. The van der Waals surface area contributed by atoms with Crippen molar-refractivity contribution in [3.05, 3.63) is 82.6 Å². The van der Waals surface area contributed by atoms with Gasteiger partial charge in [-0.15, -0.1) is 11.3 Å². The van der Waals surface area contributed by atoms with Crippen molar-refractivity contribution in [2.75, 3.05) is 49.6 Å². The van der Waals surface area contributed by atoms with Crippen LogP contribution in [-0.2, 0) is 22.4 Å². The van der Waals surface area contributed by atoms with Gasteiger partial charge in [-0.2, -0.15) is 0 Å². The fourth-order valence-electron chi connectivity index (χ4n) is 5.53. The number of thiophene rings is 1. The number of amides is 1. The molecule has 1 saturated heterocycles. The van der Waals surface area contributed by atoms with E-state index in [2.05, 4.69) is 39.0 Å². The number of esters is 1. The van der Waals surface area contributed by atoms with E-state index in [-0.39, 0.29) is 17.3 Å². The van der Waals surface area contributed by atoms with Gasteiger partial charge in [0.1, 0.15) is 11.4 Å². The highest BCUT2D eigenvalue weighted by Gasteiger charge is 2.30. The van der Waals surface area contributed by atoms with Crippen LogP contribution in [0.1, 0.15) is 27.9 Å². The summed E-state index contributed by atoms with van der Waals surface area (Å²) in [5.41, 5.74) is 4.21. The third kappa shape index (κ3) is 4.99. The molecule has 0 bridgehead atoms. The van der Waals surface area contributed by atoms with E-state index in [1.807, 2.05) is 5.38 Å². The molecule has 2 aromatic heterocycles. The Labute approximate surface area is 230 Å². The number of aryl methyl sites for hydroxylation is 1. The average Bonchev–Trinajstić information content (AvgIpc) is 3.44. The summed E-state index contributed by atoms with van der Waals surface area (Å²) in [7, 11) is 1.32. The van der Waals surface area contributed by atoms with Crippen molar-refractivity contribution in [2.45, 2.75) is 19.3 Å². The number of piperazine rings is 1. The Kier molecular flexibility index (Phi) is 7.01. The Balaban J connectivity index is 1.16.